The molecule has 0 aromatic carbocycles. The number of nitrogens with zero attached hydrogens (tertiary/aromatic N) is 8. The average Bonchev–Trinajstić information content (AvgIpc) is 3.81. The molecule has 11 nitrogen and oxygen atoms in total. The van der Waals surface area contributed by atoms with Gasteiger partial charge >= 0.3 is 29.2 Å². The number of imidazole rings is 2. The molecule has 0 aliphatic carbocycles. The molecule has 0 atom stereocenters. The van der Waals surface area contributed by atoms with Gasteiger partial charge in [0.15, 0.2) is 11.6 Å². The fourth-order valence-corrected chi connectivity index (χ4v) is 3.28. The summed E-state index contributed by atoms with van der Waals surface area (Å²) in [6, 6.07) is 23.3. The van der Waals surface area contributed by atoms with E-state index in [1.54, 1.807) is 65.5 Å². The topological polar surface area (TPSA) is 130 Å². The first-order chi connectivity index (χ1) is 22.1. The zero-order valence-electron chi connectivity index (χ0n) is 26.2. The summed E-state index contributed by atoms with van der Waals surface area (Å²) in [7, 11) is 4.58. The molecule has 0 aliphatic heterocycles. The maximum absolute atomic E-state index is 7.57. The Morgan fingerprint density at radius 1 is 0.553 bits per heavy atom. The van der Waals surface area contributed by atoms with E-state index in [1.807, 2.05) is 129 Å². The van der Waals surface area contributed by atoms with Crippen LogP contribution in [0.15, 0.2) is 135 Å². The summed E-state index contributed by atoms with van der Waals surface area (Å²) in [6.07, 6.45) is 18.8. The summed E-state index contributed by atoms with van der Waals surface area (Å²) in [5.74, 6) is 3.56. The summed E-state index contributed by atoms with van der Waals surface area (Å²) >= 11 is 1.75. The van der Waals surface area contributed by atoms with E-state index in [2.05, 4.69) is 29.1 Å². The molecule has 6 heterocycles. The Hall–Kier alpha value is -3.49. The number of halogens is 3. The van der Waals surface area contributed by atoms with Crippen LogP contribution < -0.4 is 33.9 Å². The van der Waals surface area contributed by atoms with Crippen molar-refractivity contribution < 1.29 is 69.3 Å². The molecular formula is C32H40AuCl3N8O3. The van der Waals surface area contributed by atoms with E-state index >= 15 is 0 Å². The van der Waals surface area contributed by atoms with E-state index in [0.29, 0.717) is 0 Å². The third-order valence-electron chi connectivity index (χ3n) is 4.93. The van der Waals surface area contributed by atoms with Gasteiger partial charge in [-0.3, -0.25) is 0 Å². The van der Waals surface area contributed by atoms with Gasteiger partial charge in [0.1, 0.15) is 37.2 Å². The Bertz CT molecular complexity index is 1290. The van der Waals surface area contributed by atoms with Crippen LogP contribution in [0.2, 0.25) is 0 Å². The number of rotatable bonds is 4. The van der Waals surface area contributed by atoms with Crippen LogP contribution in [-0.2, 0) is 20.0 Å². The van der Waals surface area contributed by atoms with Crippen molar-refractivity contribution in [3.05, 3.63) is 135 Å². The van der Waals surface area contributed by atoms with Crippen LogP contribution in [0.3, 0.4) is 0 Å². The van der Waals surface area contributed by atoms with Crippen LogP contribution in [0.1, 0.15) is 20.8 Å². The molecule has 0 unspecified atom stereocenters. The van der Waals surface area contributed by atoms with Gasteiger partial charge in [-0.1, -0.05) is 24.3 Å². The Balaban J connectivity index is 0. The predicted molar refractivity (Wildman–Crippen MR) is 170 cm³/mol. The molecule has 0 saturated carbocycles. The minimum atomic E-state index is 0. The fraction of sp³-hybridized carbons (Fsp3) is 0.188. The maximum atomic E-state index is 7.57. The second-order valence-electron chi connectivity index (χ2n) is 8.16. The smallest absolute Gasteiger partial charge is 0.225 e. The molecule has 0 amide bonds. The minimum absolute atomic E-state index is 0. The molecule has 0 saturated heterocycles. The largest absolute Gasteiger partial charge is 0.266 e. The van der Waals surface area contributed by atoms with Gasteiger partial charge in [-0.05, 0) is 57.2 Å². The maximum Gasteiger partial charge on any atom is 0.266 e. The molecule has 0 bridgehead atoms. The van der Waals surface area contributed by atoms with Crippen LogP contribution in [0.4, 0.5) is 0 Å². The van der Waals surface area contributed by atoms with Gasteiger partial charge in [0, 0.05) is 44.3 Å². The van der Waals surface area contributed by atoms with Gasteiger partial charge in [-0.25, -0.2) is 28.2 Å². The van der Waals surface area contributed by atoms with Crippen molar-refractivity contribution in [1.82, 2.24) is 29.1 Å². The van der Waals surface area contributed by atoms with E-state index in [4.69, 9.17) is 15.3 Å². The van der Waals surface area contributed by atoms with E-state index < -0.39 is 0 Å². The summed E-state index contributed by atoms with van der Waals surface area (Å²) in [4.78, 5) is 17.1. The van der Waals surface area contributed by atoms with Crippen LogP contribution in [-0.4, -0.2) is 64.2 Å². The van der Waals surface area contributed by atoms with Gasteiger partial charge in [0.05, 0.1) is 0 Å². The van der Waals surface area contributed by atoms with Crippen molar-refractivity contribution in [2.75, 3.05) is 19.8 Å². The monoisotopic (exact) mass is 886 g/mol. The number of hydrogen-bond acceptors (Lipinski definition) is 7. The molecule has 0 spiro atoms. The SMILES string of the molecule is CCO.CCO.CCO.[Cl-].[Cl-].[Cl][Au].c1ccc(-n2cc[n+](-c3ccccn3)c2)nc1.c1ccc(-n2cc[n+](-c3ccccn3)c2)nc1. The fourth-order valence-electron chi connectivity index (χ4n) is 3.28. The summed E-state index contributed by atoms with van der Waals surface area (Å²) in [5, 5.41) is 22.7. The molecule has 0 fully saturated rings. The van der Waals surface area contributed by atoms with Gasteiger partial charge < -0.3 is 40.1 Å². The van der Waals surface area contributed by atoms with Crippen LogP contribution in [0.5, 0.6) is 0 Å². The predicted octanol–water partition coefficient (Wildman–Crippen LogP) is -2.22. The first kappa shape index (κ1) is 45.6. The van der Waals surface area contributed by atoms with Crippen molar-refractivity contribution in [2.45, 2.75) is 20.8 Å². The number of aliphatic hydroxyl groups is 3. The number of aliphatic hydroxyl groups excluding tert-OH is 3. The summed E-state index contributed by atoms with van der Waals surface area (Å²) in [6.45, 7) is 5.79. The standard InChI is InChI=1S/2C13H11N4.3C2H6O.Au.3ClH/c2*1-3-7-14-12(5-1)16-9-10-17(11-16)13-6-2-4-8-15-13;3*1-2-3;;;;/h2*1-11H;3*3H,2H2,1H3;;3*1H/q2*+1;;;;+1;;;/p-3. The van der Waals surface area contributed by atoms with Crippen molar-refractivity contribution in [3.63, 3.8) is 0 Å². The number of aromatic nitrogens is 8. The first-order valence-electron chi connectivity index (χ1n) is 13.9. The molecule has 3 N–H and O–H groups in total. The Kier molecular flexibility index (Phi) is 29.0. The quantitative estimate of drug-likeness (QED) is 0.135. The molecule has 15 heteroatoms. The molecule has 47 heavy (non-hydrogen) atoms. The normalized spacial score (nSPS) is 8.79. The molecule has 0 radical (unpaired) electrons. The second kappa shape index (κ2) is 29.9. The zero-order chi connectivity index (χ0) is 33.1. The van der Waals surface area contributed by atoms with Gasteiger partial charge in [-0.2, -0.15) is 0 Å². The van der Waals surface area contributed by atoms with Crippen LogP contribution in [0, 0.1) is 0 Å². The van der Waals surface area contributed by atoms with Crippen molar-refractivity contribution in [1.29, 1.82) is 0 Å². The third-order valence-corrected chi connectivity index (χ3v) is 4.93. The van der Waals surface area contributed by atoms with Crippen LogP contribution in [0.25, 0.3) is 23.3 Å². The van der Waals surface area contributed by atoms with Crippen molar-refractivity contribution in [2.24, 2.45) is 0 Å². The summed E-state index contributed by atoms with van der Waals surface area (Å²) in [5.41, 5.74) is 0. The third kappa shape index (κ3) is 17.9. The molecular weight excluding hydrogens is 848 g/mol. The van der Waals surface area contributed by atoms with Crippen molar-refractivity contribution in [3.8, 4) is 23.3 Å². The molecule has 6 aromatic rings. The van der Waals surface area contributed by atoms with Gasteiger partial charge in [-0.15, -0.1) is 9.97 Å². The molecule has 258 valence electrons. The van der Waals surface area contributed by atoms with Crippen LogP contribution >= 0.6 is 9.19 Å². The van der Waals surface area contributed by atoms with E-state index in [-0.39, 0.29) is 44.6 Å². The number of pyridine rings is 4. The van der Waals surface area contributed by atoms with E-state index in [9.17, 15) is 0 Å². The van der Waals surface area contributed by atoms with E-state index in [1.165, 1.54) is 0 Å². The Morgan fingerprint density at radius 3 is 1.11 bits per heavy atom. The zero-order valence-corrected chi connectivity index (χ0v) is 30.6. The first-order valence-corrected chi connectivity index (χ1v) is 16.6. The minimum Gasteiger partial charge on any atom is -0.225 e. The second-order valence-corrected chi connectivity index (χ2v) is 8.16. The average molecular weight is 888 g/mol. The van der Waals surface area contributed by atoms with Gasteiger partial charge in [0.25, 0.3) is 11.6 Å². The molecule has 0 aliphatic rings. The molecule has 6 rings (SSSR count). The van der Waals surface area contributed by atoms with E-state index in [0.717, 1.165) is 23.3 Å². The summed E-state index contributed by atoms with van der Waals surface area (Å²) < 4.78 is 7.81. The van der Waals surface area contributed by atoms with Gasteiger partial charge in [0.2, 0.25) is 12.7 Å². The number of hydrogen-bond donors (Lipinski definition) is 3. The van der Waals surface area contributed by atoms with Crippen molar-refractivity contribution >= 4 is 9.19 Å². The molecule has 6 aromatic heterocycles. The Labute approximate surface area is 304 Å². The Morgan fingerprint density at radius 2 is 0.851 bits per heavy atom.